The Morgan fingerprint density at radius 2 is 2.00 bits per heavy atom. The number of benzene rings is 1. The highest BCUT2D eigenvalue weighted by Gasteiger charge is 2.44. The van der Waals surface area contributed by atoms with Crippen molar-refractivity contribution in [3.8, 4) is 0 Å². The van der Waals surface area contributed by atoms with Crippen molar-refractivity contribution in [2.45, 2.75) is 69.2 Å². The summed E-state index contributed by atoms with van der Waals surface area (Å²) in [6.07, 6.45) is 7.63. The van der Waals surface area contributed by atoms with Crippen molar-refractivity contribution in [3.63, 3.8) is 0 Å². The van der Waals surface area contributed by atoms with Gasteiger partial charge in [0.05, 0.1) is 24.3 Å². The van der Waals surface area contributed by atoms with Gasteiger partial charge in [0, 0.05) is 30.2 Å². The van der Waals surface area contributed by atoms with Gasteiger partial charge in [-0.3, -0.25) is 15.1 Å². The Kier molecular flexibility index (Phi) is 5.64. The molecule has 3 heterocycles. The molecule has 1 amide bonds. The third kappa shape index (κ3) is 4.18. The Hall–Kier alpha value is -2.00. The molecule has 8 nitrogen and oxygen atoms in total. The fourth-order valence-corrected chi connectivity index (χ4v) is 6.21. The van der Waals surface area contributed by atoms with Gasteiger partial charge in [-0.05, 0) is 62.5 Å². The zero-order valence-electron chi connectivity index (χ0n) is 19.0. The molecule has 1 aromatic heterocycles. The van der Waals surface area contributed by atoms with Crippen LogP contribution in [-0.2, 0) is 0 Å². The number of carbonyl (C=O) groups is 1. The molecule has 2 aliphatic carbocycles. The summed E-state index contributed by atoms with van der Waals surface area (Å²) in [5.74, 6) is 1.08. The number of nitrogens with zero attached hydrogens (tertiary/aromatic N) is 4. The first-order valence-electron chi connectivity index (χ1n) is 12.3. The summed E-state index contributed by atoms with van der Waals surface area (Å²) < 4.78 is 1.82. The summed E-state index contributed by atoms with van der Waals surface area (Å²) in [7, 11) is 0. The van der Waals surface area contributed by atoms with Gasteiger partial charge in [-0.15, -0.1) is 5.10 Å². The lowest BCUT2D eigenvalue weighted by molar-refractivity contribution is 0.0314. The van der Waals surface area contributed by atoms with E-state index in [1.807, 2.05) is 16.8 Å². The molecule has 6 rings (SSSR count). The maximum Gasteiger partial charge on any atom is 0.273 e. The van der Waals surface area contributed by atoms with E-state index in [1.165, 1.54) is 24.8 Å². The second-order valence-corrected chi connectivity index (χ2v) is 10.7. The van der Waals surface area contributed by atoms with E-state index < -0.39 is 0 Å². The molecule has 33 heavy (non-hydrogen) atoms. The summed E-state index contributed by atoms with van der Waals surface area (Å²) >= 11 is 6.52. The van der Waals surface area contributed by atoms with E-state index in [4.69, 9.17) is 11.6 Å². The normalized spacial score (nSPS) is 31.1. The van der Waals surface area contributed by atoms with Crippen LogP contribution in [0.5, 0.6) is 0 Å². The van der Waals surface area contributed by atoms with Gasteiger partial charge in [0.15, 0.2) is 5.69 Å². The summed E-state index contributed by atoms with van der Waals surface area (Å²) in [5.41, 5.74) is 8.67. The summed E-state index contributed by atoms with van der Waals surface area (Å²) in [6.45, 7) is 4.15. The smallest absolute Gasteiger partial charge is 0.273 e. The van der Waals surface area contributed by atoms with Crippen LogP contribution < -0.4 is 16.2 Å². The molecule has 176 valence electrons. The summed E-state index contributed by atoms with van der Waals surface area (Å²) in [5, 5.41) is 12.1. The molecule has 5 atom stereocenters. The number of carbonyl (C=O) groups excluding carboxylic acids is 1. The SMILES string of the molecule is CC(C1CCC2NNC(c3ccccc3Cl)C2C1)N1CC(NC(=O)c2cn(C3CC3)nn2)C1. The molecule has 2 saturated heterocycles. The Labute approximate surface area is 199 Å². The Bertz CT molecular complexity index is 1020. The fraction of sp³-hybridized carbons (Fsp3) is 0.625. The minimum atomic E-state index is -0.106. The standard InChI is InChI=1S/C24H32ClN7O/c1-14(31-11-16(12-31)26-24(33)22-13-32(30-28-22)17-7-8-17)15-6-9-21-19(10-15)23(29-27-21)18-4-2-3-5-20(18)25/h2-5,13-17,19,21,23,27,29H,6-12H2,1H3,(H,26,33). The van der Waals surface area contributed by atoms with Gasteiger partial charge in [-0.25, -0.2) is 10.1 Å². The molecule has 0 radical (unpaired) electrons. The number of hydrogen-bond donors (Lipinski definition) is 3. The molecule has 0 bridgehead atoms. The van der Waals surface area contributed by atoms with E-state index in [2.05, 4.69) is 50.4 Å². The minimum Gasteiger partial charge on any atom is -0.345 e. The predicted molar refractivity (Wildman–Crippen MR) is 126 cm³/mol. The van der Waals surface area contributed by atoms with Crippen molar-refractivity contribution in [1.29, 1.82) is 0 Å². The number of likely N-dealkylation sites (tertiary alicyclic amines) is 1. The maximum absolute atomic E-state index is 12.5. The minimum absolute atomic E-state index is 0.106. The lowest BCUT2D eigenvalue weighted by Gasteiger charge is -2.48. The third-order valence-corrected chi connectivity index (χ3v) is 8.54. The first kappa shape index (κ1) is 21.5. The molecule has 5 unspecified atom stereocenters. The predicted octanol–water partition coefficient (Wildman–Crippen LogP) is 2.70. The number of amides is 1. The zero-order valence-corrected chi connectivity index (χ0v) is 19.7. The number of nitrogens with one attached hydrogen (secondary N) is 3. The summed E-state index contributed by atoms with van der Waals surface area (Å²) in [6, 6.07) is 10.1. The highest BCUT2D eigenvalue weighted by Crippen LogP contribution is 2.43. The van der Waals surface area contributed by atoms with E-state index in [1.54, 1.807) is 6.20 Å². The maximum atomic E-state index is 12.5. The molecular weight excluding hydrogens is 438 g/mol. The van der Waals surface area contributed by atoms with Crippen molar-refractivity contribution in [1.82, 2.24) is 36.1 Å². The first-order chi connectivity index (χ1) is 16.1. The van der Waals surface area contributed by atoms with Crippen LogP contribution in [0.2, 0.25) is 5.02 Å². The first-order valence-corrected chi connectivity index (χ1v) is 12.7. The van der Waals surface area contributed by atoms with Gasteiger partial charge in [0.1, 0.15) is 0 Å². The van der Waals surface area contributed by atoms with Crippen LogP contribution in [0.15, 0.2) is 30.5 Å². The van der Waals surface area contributed by atoms with Crippen LogP contribution in [0.25, 0.3) is 0 Å². The van der Waals surface area contributed by atoms with Gasteiger partial charge in [-0.1, -0.05) is 35.0 Å². The largest absolute Gasteiger partial charge is 0.345 e. The molecular formula is C24H32ClN7O. The summed E-state index contributed by atoms with van der Waals surface area (Å²) in [4.78, 5) is 15.0. The van der Waals surface area contributed by atoms with E-state index in [-0.39, 0.29) is 18.0 Å². The topological polar surface area (TPSA) is 87.1 Å². The lowest BCUT2D eigenvalue weighted by Crippen LogP contribution is -2.63. The van der Waals surface area contributed by atoms with Gasteiger partial charge >= 0.3 is 0 Å². The number of halogens is 1. The van der Waals surface area contributed by atoms with Crippen LogP contribution >= 0.6 is 11.6 Å². The van der Waals surface area contributed by atoms with Crippen LogP contribution in [-0.4, -0.2) is 57.0 Å². The van der Waals surface area contributed by atoms with Crippen molar-refractivity contribution < 1.29 is 4.79 Å². The second kappa shape index (κ2) is 8.65. The van der Waals surface area contributed by atoms with Gasteiger partial charge in [0.25, 0.3) is 5.91 Å². The molecule has 2 saturated carbocycles. The number of hydrogen-bond acceptors (Lipinski definition) is 6. The third-order valence-electron chi connectivity index (χ3n) is 8.20. The van der Waals surface area contributed by atoms with E-state index in [9.17, 15) is 4.79 Å². The Morgan fingerprint density at radius 1 is 1.18 bits per heavy atom. The molecule has 2 aromatic rings. The average molecular weight is 470 g/mol. The van der Waals surface area contributed by atoms with Crippen LogP contribution in [0.3, 0.4) is 0 Å². The lowest BCUT2D eigenvalue weighted by atomic mass is 9.72. The van der Waals surface area contributed by atoms with Crippen LogP contribution in [0.4, 0.5) is 0 Å². The number of fused-ring (bicyclic) bond motifs is 1. The molecule has 4 aliphatic rings. The quantitative estimate of drug-likeness (QED) is 0.603. The fourth-order valence-electron chi connectivity index (χ4n) is 5.96. The highest BCUT2D eigenvalue weighted by atomic mass is 35.5. The molecule has 9 heteroatoms. The highest BCUT2D eigenvalue weighted by molar-refractivity contribution is 6.31. The number of aromatic nitrogens is 3. The van der Waals surface area contributed by atoms with Crippen molar-refractivity contribution in [2.75, 3.05) is 13.1 Å². The van der Waals surface area contributed by atoms with Gasteiger partial charge in [0.2, 0.25) is 0 Å². The van der Waals surface area contributed by atoms with E-state index >= 15 is 0 Å². The Balaban J connectivity index is 1.03. The zero-order chi connectivity index (χ0) is 22.5. The average Bonchev–Trinajstić information content (AvgIpc) is 3.37. The Morgan fingerprint density at radius 3 is 2.79 bits per heavy atom. The van der Waals surface area contributed by atoms with Gasteiger partial charge in [-0.2, -0.15) is 0 Å². The monoisotopic (exact) mass is 469 g/mol. The van der Waals surface area contributed by atoms with Crippen LogP contribution in [0.1, 0.15) is 67.2 Å². The van der Waals surface area contributed by atoms with E-state index in [0.29, 0.717) is 35.7 Å². The molecule has 3 N–H and O–H groups in total. The second-order valence-electron chi connectivity index (χ2n) is 10.3. The van der Waals surface area contributed by atoms with Crippen molar-refractivity contribution in [3.05, 3.63) is 46.7 Å². The van der Waals surface area contributed by atoms with Crippen LogP contribution in [0, 0.1) is 11.8 Å². The number of hydrazine groups is 1. The molecule has 4 fully saturated rings. The molecule has 2 aliphatic heterocycles. The number of rotatable bonds is 6. The van der Waals surface area contributed by atoms with Crippen molar-refractivity contribution >= 4 is 17.5 Å². The van der Waals surface area contributed by atoms with E-state index in [0.717, 1.165) is 31.0 Å². The van der Waals surface area contributed by atoms with Gasteiger partial charge < -0.3 is 5.32 Å². The molecule has 0 spiro atoms. The van der Waals surface area contributed by atoms with Crippen molar-refractivity contribution in [2.24, 2.45) is 11.8 Å². The molecule has 1 aromatic carbocycles.